The molecule has 1 atom stereocenters. The van der Waals surface area contributed by atoms with Crippen LogP contribution in [0.25, 0.3) is 0 Å². The zero-order chi connectivity index (χ0) is 17.1. The fourth-order valence-electron chi connectivity index (χ4n) is 2.90. The summed E-state index contributed by atoms with van der Waals surface area (Å²) in [6, 6.07) is 16.1. The van der Waals surface area contributed by atoms with Crippen LogP contribution in [-0.4, -0.2) is 44.6 Å². The van der Waals surface area contributed by atoms with Crippen LogP contribution in [0.2, 0.25) is 0 Å². The molecule has 126 valence electrons. The largest absolute Gasteiger partial charge is 0.378 e. The zero-order valence-corrected chi connectivity index (χ0v) is 14.5. The maximum absolute atomic E-state index is 12.7. The second-order valence-electron chi connectivity index (χ2n) is 6.46. The molecule has 1 unspecified atom stereocenters. The first-order valence-corrected chi connectivity index (χ1v) is 8.29. The van der Waals surface area contributed by atoms with E-state index in [2.05, 4.69) is 29.2 Å². The molecule has 24 heavy (non-hydrogen) atoms. The Kier molecular flexibility index (Phi) is 4.86. The highest BCUT2D eigenvalue weighted by atomic mass is 16.5. The average molecular weight is 324 g/mol. The third-order valence-corrected chi connectivity index (χ3v) is 4.43. The topological polar surface area (TPSA) is 32.8 Å². The second-order valence-corrected chi connectivity index (χ2v) is 6.46. The number of rotatable bonds is 3. The Morgan fingerprint density at radius 1 is 1.08 bits per heavy atom. The van der Waals surface area contributed by atoms with Gasteiger partial charge in [0.05, 0.1) is 13.2 Å². The number of nitrogens with zero attached hydrogens (tertiary/aromatic N) is 2. The lowest BCUT2D eigenvalue weighted by Crippen LogP contribution is -2.42. The minimum absolute atomic E-state index is 0.0654. The molecular weight excluding hydrogens is 300 g/mol. The van der Waals surface area contributed by atoms with Gasteiger partial charge in [0, 0.05) is 31.9 Å². The van der Waals surface area contributed by atoms with Gasteiger partial charge in [0.15, 0.2) is 0 Å². The van der Waals surface area contributed by atoms with Gasteiger partial charge in [0.2, 0.25) is 0 Å². The summed E-state index contributed by atoms with van der Waals surface area (Å²) in [7, 11) is 4.04. The van der Waals surface area contributed by atoms with Gasteiger partial charge in [-0.2, -0.15) is 0 Å². The third-order valence-electron chi connectivity index (χ3n) is 4.43. The van der Waals surface area contributed by atoms with E-state index in [1.165, 1.54) is 0 Å². The molecule has 1 fully saturated rings. The van der Waals surface area contributed by atoms with E-state index < -0.39 is 0 Å². The standard InChI is InChI=1S/C20H24N2O2/c1-15-4-6-17(7-5-15)20(23)22-12-13-24-19(14-22)16-8-10-18(11-9-16)21(2)3/h4-11,19H,12-14H2,1-3H3. The van der Waals surface area contributed by atoms with Crippen molar-refractivity contribution in [3.05, 3.63) is 65.2 Å². The van der Waals surface area contributed by atoms with Gasteiger partial charge in [-0.25, -0.2) is 0 Å². The number of carbonyl (C=O) groups is 1. The number of morpholine rings is 1. The lowest BCUT2D eigenvalue weighted by molar-refractivity contribution is -0.0228. The number of hydrogen-bond acceptors (Lipinski definition) is 3. The van der Waals surface area contributed by atoms with Crippen LogP contribution in [0.4, 0.5) is 5.69 Å². The number of hydrogen-bond donors (Lipinski definition) is 0. The molecule has 3 rings (SSSR count). The minimum atomic E-state index is -0.0654. The monoisotopic (exact) mass is 324 g/mol. The smallest absolute Gasteiger partial charge is 0.254 e. The van der Waals surface area contributed by atoms with Crippen molar-refractivity contribution in [3.8, 4) is 0 Å². The van der Waals surface area contributed by atoms with Gasteiger partial charge in [-0.1, -0.05) is 29.8 Å². The van der Waals surface area contributed by atoms with Gasteiger partial charge in [-0.05, 0) is 36.8 Å². The van der Waals surface area contributed by atoms with Gasteiger partial charge in [-0.3, -0.25) is 4.79 Å². The zero-order valence-electron chi connectivity index (χ0n) is 14.5. The first-order valence-electron chi connectivity index (χ1n) is 8.29. The molecule has 1 aliphatic rings. The van der Waals surface area contributed by atoms with Crippen LogP contribution in [0.15, 0.2) is 48.5 Å². The predicted molar refractivity (Wildman–Crippen MR) is 96.5 cm³/mol. The summed E-state index contributed by atoms with van der Waals surface area (Å²) in [6.45, 7) is 3.82. The van der Waals surface area contributed by atoms with Crippen LogP contribution in [0.3, 0.4) is 0 Å². The van der Waals surface area contributed by atoms with Gasteiger partial charge < -0.3 is 14.5 Å². The molecule has 0 spiro atoms. The van der Waals surface area contributed by atoms with Crippen molar-refractivity contribution in [1.82, 2.24) is 4.90 Å². The number of ether oxygens (including phenoxy) is 1. The fourth-order valence-corrected chi connectivity index (χ4v) is 2.90. The molecule has 2 aromatic rings. The Labute approximate surface area is 143 Å². The predicted octanol–water partition coefficient (Wildman–Crippen LogP) is 3.27. The molecule has 1 heterocycles. The summed E-state index contributed by atoms with van der Waals surface area (Å²) in [6.07, 6.45) is -0.0654. The number of anilines is 1. The van der Waals surface area contributed by atoms with E-state index in [4.69, 9.17) is 4.74 Å². The summed E-state index contributed by atoms with van der Waals surface area (Å²) in [5, 5.41) is 0. The molecule has 0 saturated carbocycles. The van der Waals surface area contributed by atoms with Crippen molar-refractivity contribution in [2.24, 2.45) is 0 Å². The summed E-state index contributed by atoms with van der Waals surface area (Å²) in [5.74, 6) is 0.0770. The maximum Gasteiger partial charge on any atom is 0.254 e. The lowest BCUT2D eigenvalue weighted by atomic mass is 10.1. The van der Waals surface area contributed by atoms with E-state index >= 15 is 0 Å². The van der Waals surface area contributed by atoms with Crippen LogP contribution in [-0.2, 0) is 4.74 Å². The quantitative estimate of drug-likeness (QED) is 0.869. The highest BCUT2D eigenvalue weighted by Gasteiger charge is 2.26. The Balaban J connectivity index is 1.71. The molecule has 1 saturated heterocycles. The number of aryl methyl sites for hydroxylation is 1. The van der Waals surface area contributed by atoms with Crippen LogP contribution < -0.4 is 4.90 Å². The van der Waals surface area contributed by atoms with E-state index in [0.717, 1.165) is 22.4 Å². The molecule has 0 bridgehead atoms. The Morgan fingerprint density at radius 3 is 2.38 bits per heavy atom. The van der Waals surface area contributed by atoms with Crippen molar-refractivity contribution in [2.45, 2.75) is 13.0 Å². The Hall–Kier alpha value is -2.33. The van der Waals surface area contributed by atoms with Crippen molar-refractivity contribution in [2.75, 3.05) is 38.7 Å². The number of amides is 1. The summed E-state index contributed by atoms with van der Waals surface area (Å²) < 4.78 is 5.89. The average Bonchev–Trinajstić information content (AvgIpc) is 2.62. The Morgan fingerprint density at radius 2 is 1.75 bits per heavy atom. The molecule has 0 aromatic heterocycles. The second kappa shape index (κ2) is 7.05. The van der Waals surface area contributed by atoms with Crippen molar-refractivity contribution in [1.29, 1.82) is 0 Å². The van der Waals surface area contributed by atoms with E-state index in [1.807, 2.05) is 50.2 Å². The van der Waals surface area contributed by atoms with Crippen molar-refractivity contribution < 1.29 is 9.53 Å². The SMILES string of the molecule is Cc1ccc(C(=O)N2CCOC(c3ccc(N(C)C)cc3)C2)cc1. The molecular formula is C20H24N2O2. The van der Waals surface area contributed by atoms with Crippen LogP contribution in [0, 0.1) is 6.92 Å². The first kappa shape index (κ1) is 16.5. The van der Waals surface area contributed by atoms with Gasteiger partial charge in [0.25, 0.3) is 5.91 Å². The highest BCUT2D eigenvalue weighted by molar-refractivity contribution is 5.94. The molecule has 0 radical (unpaired) electrons. The molecule has 2 aromatic carbocycles. The third kappa shape index (κ3) is 3.60. The van der Waals surface area contributed by atoms with E-state index in [0.29, 0.717) is 19.7 Å². The minimum Gasteiger partial charge on any atom is -0.378 e. The highest BCUT2D eigenvalue weighted by Crippen LogP contribution is 2.25. The van der Waals surface area contributed by atoms with E-state index in [9.17, 15) is 4.79 Å². The van der Waals surface area contributed by atoms with E-state index in [1.54, 1.807) is 0 Å². The molecule has 0 N–H and O–H groups in total. The maximum atomic E-state index is 12.7. The molecule has 4 heteroatoms. The first-order chi connectivity index (χ1) is 11.5. The van der Waals surface area contributed by atoms with Gasteiger partial charge >= 0.3 is 0 Å². The lowest BCUT2D eigenvalue weighted by Gasteiger charge is -2.33. The van der Waals surface area contributed by atoms with Crippen molar-refractivity contribution >= 4 is 11.6 Å². The molecule has 0 aliphatic carbocycles. The van der Waals surface area contributed by atoms with Crippen LogP contribution in [0.1, 0.15) is 27.6 Å². The van der Waals surface area contributed by atoms with Gasteiger partial charge in [0.1, 0.15) is 6.10 Å². The van der Waals surface area contributed by atoms with Crippen LogP contribution in [0.5, 0.6) is 0 Å². The van der Waals surface area contributed by atoms with E-state index in [-0.39, 0.29) is 12.0 Å². The fraction of sp³-hybridized carbons (Fsp3) is 0.350. The number of benzene rings is 2. The Bertz CT molecular complexity index is 693. The molecule has 1 amide bonds. The number of carbonyl (C=O) groups excluding carboxylic acids is 1. The van der Waals surface area contributed by atoms with Crippen molar-refractivity contribution in [3.63, 3.8) is 0 Å². The van der Waals surface area contributed by atoms with Gasteiger partial charge in [-0.15, -0.1) is 0 Å². The molecule has 1 aliphatic heterocycles. The van der Waals surface area contributed by atoms with Crippen LogP contribution >= 0.6 is 0 Å². The molecule has 4 nitrogen and oxygen atoms in total. The normalized spacial score (nSPS) is 17.6. The summed E-state index contributed by atoms with van der Waals surface area (Å²) in [4.78, 5) is 16.7. The summed E-state index contributed by atoms with van der Waals surface area (Å²) in [5.41, 5.74) is 4.17. The summed E-state index contributed by atoms with van der Waals surface area (Å²) >= 11 is 0.